The summed E-state index contributed by atoms with van der Waals surface area (Å²) in [6.45, 7) is -0.254. The Labute approximate surface area is 439 Å². The Hall–Kier alpha value is -3.93. The van der Waals surface area contributed by atoms with Crippen LogP contribution in [0, 0.1) is 62.6 Å². The van der Waals surface area contributed by atoms with Gasteiger partial charge < -0.3 is 55.5 Å². The number of dihydropyridines is 1. The summed E-state index contributed by atoms with van der Waals surface area (Å²) in [5.74, 6) is -2.18. The Morgan fingerprint density at radius 3 is 2.50 bits per heavy atom. The lowest BCUT2D eigenvalue weighted by molar-refractivity contribution is -0.392. The van der Waals surface area contributed by atoms with Crippen molar-refractivity contribution in [1.82, 2.24) is 10.6 Å². The van der Waals surface area contributed by atoms with Gasteiger partial charge in [0, 0.05) is 35.1 Å². The number of carbonyl (C=O) groups excluding carboxylic acids is 3. The number of carbonyl (C=O) groups is 3. The van der Waals surface area contributed by atoms with E-state index in [9.17, 15) is 35.4 Å². The third kappa shape index (κ3) is 6.50. The number of hydrogen-bond acceptors (Lipinski definition) is 15. The highest BCUT2D eigenvalue weighted by Crippen LogP contribution is 2.80. The summed E-state index contributed by atoms with van der Waals surface area (Å²) in [6.07, 6.45) is 15.4. The van der Waals surface area contributed by atoms with Crippen LogP contribution in [0.5, 0.6) is 5.75 Å². The minimum atomic E-state index is -2.31. The number of benzene rings is 2. The van der Waals surface area contributed by atoms with E-state index in [-0.39, 0.29) is 75.9 Å². The van der Waals surface area contributed by atoms with Crippen molar-refractivity contribution in [2.45, 2.75) is 133 Å². The number of aliphatic hydroxyl groups is 6. The molecule has 13 aliphatic rings. The highest BCUT2D eigenvalue weighted by atomic mass is 33.1. The van der Waals surface area contributed by atoms with Crippen molar-refractivity contribution in [3.05, 3.63) is 111 Å². The van der Waals surface area contributed by atoms with E-state index in [1.54, 1.807) is 24.3 Å². The van der Waals surface area contributed by atoms with Crippen molar-refractivity contribution in [1.29, 1.82) is 0 Å². The van der Waals surface area contributed by atoms with Crippen molar-refractivity contribution >= 4 is 39.4 Å². The van der Waals surface area contributed by atoms with Crippen molar-refractivity contribution in [2.75, 3.05) is 24.8 Å². The molecular formula is C59H68N2O11S2. The van der Waals surface area contributed by atoms with Gasteiger partial charge in [-0.15, -0.1) is 0 Å². The Balaban J connectivity index is 0.897. The fourth-order valence-corrected chi connectivity index (χ4v) is 21.7. The fraction of sp³-hybridized carbons (Fsp3) is 0.610. The number of ketones is 2. The summed E-state index contributed by atoms with van der Waals surface area (Å²) >= 11 is 0. The highest BCUT2D eigenvalue weighted by molar-refractivity contribution is 8.76. The number of rotatable bonds is 5. The molecule has 74 heavy (non-hydrogen) atoms. The van der Waals surface area contributed by atoms with Gasteiger partial charge in [-0.2, -0.15) is 0 Å². The Kier molecular flexibility index (Phi) is 11.0. The lowest BCUT2D eigenvalue weighted by Crippen LogP contribution is -2.81. The standard InChI is InChI=1S/C59H68N2O11S2/c62-24-33-6-3-5-32(13-33)14-34-15-42-47(66)39-7-4-8-43-46(39)49(67)58(42,44(65)16-34)30-73-74-31-61-45-19-41-40(23-60-45)35-17-36-20-56(29-64)52(69)59(70,50(68)51(71-43)72-56)48(36)57(41)28-55(22-37(57)18-35)27-54(21-38(55)25-63)12-11-53(26-54)9-1-2-10-53/h3-8,13,15-16,19,25,35-38,42,48,50-52,60-62,64-65,68-70H,1-2,9-12,14,17-18,20-24,26-31H2. The van der Waals surface area contributed by atoms with Gasteiger partial charge in [0.1, 0.15) is 46.6 Å². The Morgan fingerprint density at radius 1 is 0.878 bits per heavy atom. The molecule has 2 aromatic carbocycles. The van der Waals surface area contributed by atoms with Gasteiger partial charge >= 0.3 is 0 Å². The molecule has 5 spiro atoms. The third-order valence-corrected chi connectivity index (χ3v) is 24.3. The SMILES string of the molecule is O=CC1CC2(CCC3(CCCC3)C2)CC12CC1CC3CC4CC5(CO)OC6Oc7cccc8c7C(=O)C7(CSSCNC9=CC(=C3CN9)C1(C2)C4C(O)(C6O)C5O)C(O)=CC(Cc1cccc(CO)c1)=CC7C8=O. The van der Waals surface area contributed by atoms with E-state index in [2.05, 4.69) is 16.7 Å². The second-order valence-electron chi connectivity index (χ2n) is 25.5. The van der Waals surface area contributed by atoms with Gasteiger partial charge in [-0.25, -0.2) is 0 Å². The van der Waals surface area contributed by atoms with Crippen LogP contribution >= 0.6 is 21.6 Å². The first-order valence-corrected chi connectivity index (χ1v) is 29.9. The zero-order valence-corrected chi connectivity index (χ0v) is 43.4. The molecule has 15 atom stereocenters. The average molecular weight is 1050 g/mol. The number of ether oxygens (including phenoxy) is 2. The topological polar surface area (TPSA) is 215 Å². The van der Waals surface area contributed by atoms with E-state index in [0.717, 1.165) is 54.6 Å². The Morgan fingerprint density at radius 2 is 1.69 bits per heavy atom. The molecule has 0 radical (unpaired) electrons. The molecule has 13 nitrogen and oxygen atoms in total. The summed E-state index contributed by atoms with van der Waals surface area (Å²) < 4.78 is 13.5. The lowest BCUT2D eigenvalue weighted by Gasteiger charge is -2.65. The van der Waals surface area contributed by atoms with Crippen LogP contribution in [0.4, 0.5) is 0 Å². The molecule has 15 unspecified atom stereocenters. The first kappa shape index (κ1) is 48.4. The van der Waals surface area contributed by atoms with Gasteiger partial charge in [0.25, 0.3) is 0 Å². The first-order chi connectivity index (χ1) is 35.7. The first-order valence-electron chi connectivity index (χ1n) is 27.4. The van der Waals surface area contributed by atoms with Crippen LogP contribution in [0.1, 0.15) is 122 Å². The van der Waals surface area contributed by atoms with Crippen molar-refractivity contribution in [2.24, 2.45) is 62.6 Å². The maximum absolute atomic E-state index is 15.6. The predicted molar refractivity (Wildman–Crippen MR) is 277 cm³/mol. The number of aldehydes is 1. The minimum absolute atomic E-state index is 0.0243. The molecule has 3 heterocycles. The summed E-state index contributed by atoms with van der Waals surface area (Å²) in [6, 6.07) is 12.2. The predicted octanol–water partition coefficient (Wildman–Crippen LogP) is 7.17. The Bertz CT molecular complexity index is 2900. The van der Waals surface area contributed by atoms with Crippen LogP contribution in [-0.4, -0.2) is 103 Å². The molecule has 15 rings (SSSR count). The van der Waals surface area contributed by atoms with Gasteiger partial charge in [0.05, 0.1) is 36.4 Å². The van der Waals surface area contributed by atoms with Crippen LogP contribution in [0.2, 0.25) is 0 Å². The molecule has 10 bridgehead atoms. The molecule has 0 aromatic heterocycles. The molecule has 10 aliphatic carbocycles. The maximum atomic E-state index is 15.6. The molecule has 3 aliphatic heterocycles. The van der Waals surface area contributed by atoms with E-state index < -0.39 is 70.5 Å². The third-order valence-electron chi connectivity index (χ3n) is 22.0. The second-order valence-corrected chi connectivity index (χ2v) is 27.9. The molecule has 2 aromatic rings. The van der Waals surface area contributed by atoms with E-state index in [1.165, 1.54) is 78.0 Å². The normalized spacial score (nSPS) is 44.1. The van der Waals surface area contributed by atoms with Crippen LogP contribution in [0.25, 0.3) is 0 Å². The highest BCUT2D eigenvalue weighted by Gasteiger charge is 2.79. The molecule has 392 valence electrons. The maximum Gasteiger partial charge on any atom is 0.229 e. The van der Waals surface area contributed by atoms with E-state index >= 15 is 9.59 Å². The molecular weight excluding hydrogens is 977 g/mol. The molecule has 0 amide bonds. The van der Waals surface area contributed by atoms with Crippen molar-refractivity contribution < 1.29 is 54.5 Å². The van der Waals surface area contributed by atoms with Crippen LogP contribution in [-0.2, 0) is 22.6 Å². The monoisotopic (exact) mass is 1040 g/mol. The molecule has 6 saturated carbocycles. The number of aliphatic hydroxyl groups excluding tert-OH is 5. The van der Waals surface area contributed by atoms with E-state index in [1.807, 2.05) is 24.3 Å². The van der Waals surface area contributed by atoms with Crippen molar-refractivity contribution in [3.8, 4) is 5.75 Å². The number of fused-ring (bicyclic) bond motifs is 2. The second kappa shape index (κ2) is 16.8. The van der Waals surface area contributed by atoms with Crippen molar-refractivity contribution in [3.63, 3.8) is 0 Å². The van der Waals surface area contributed by atoms with E-state index in [0.29, 0.717) is 42.7 Å². The van der Waals surface area contributed by atoms with Gasteiger partial charge in [-0.3, -0.25) is 9.59 Å². The zero-order valence-electron chi connectivity index (χ0n) is 41.7. The van der Waals surface area contributed by atoms with E-state index in [4.69, 9.17) is 9.47 Å². The lowest BCUT2D eigenvalue weighted by atomic mass is 9.46. The number of hydrogen-bond donors (Lipinski definition) is 8. The molecule has 15 heteroatoms. The molecule has 8 N–H and O–H groups in total. The molecule has 7 fully saturated rings. The largest absolute Gasteiger partial charge is 0.511 e. The van der Waals surface area contributed by atoms with Crippen LogP contribution < -0.4 is 15.4 Å². The van der Waals surface area contributed by atoms with Gasteiger partial charge in [-0.1, -0.05) is 76.9 Å². The molecule has 1 saturated heterocycles. The zero-order chi connectivity index (χ0) is 50.8. The smallest absolute Gasteiger partial charge is 0.229 e. The van der Waals surface area contributed by atoms with Crippen LogP contribution in [0.15, 0.2) is 89.0 Å². The number of nitrogens with one attached hydrogen (secondary N) is 2. The van der Waals surface area contributed by atoms with Crippen LogP contribution in [0.3, 0.4) is 0 Å². The number of allylic oxidation sites excluding steroid dienone is 6. The minimum Gasteiger partial charge on any atom is -0.511 e. The summed E-state index contributed by atoms with van der Waals surface area (Å²) in [5.41, 5.74) is -1.83. The number of Topliss-reactive ketones (excluding diaryl/α,β-unsaturated/α-hetero) is 2. The summed E-state index contributed by atoms with van der Waals surface area (Å²) in [5, 5.41) is 81.3. The summed E-state index contributed by atoms with van der Waals surface area (Å²) in [7, 11) is 2.87. The van der Waals surface area contributed by atoms with Gasteiger partial charge in [0.15, 0.2) is 11.6 Å². The quantitative estimate of drug-likeness (QED) is 0.110. The van der Waals surface area contributed by atoms with Gasteiger partial charge in [0.2, 0.25) is 6.29 Å². The fourth-order valence-electron chi connectivity index (χ4n) is 19.5. The average Bonchev–Trinajstić information content (AvgIpc) is 4.20. The van der Waals surface area contributed by atoms with Gasteiger partial charge in [-0.05, 0) is 164 Å². The summed E-state index contributed by atoms with van der Waals surface area (Å²) in [4.78, 5) is 44.5.